The molecular weight excluding hydrogens is 359 g/mol. The predicted molar refractivity (Wildman–Crippen MR) is 106 cm³/mol. The maximum Gasteiger partial charge on any atom is 0.514 e. The second-order valence-corrected chi connectivity index (χ2v) is 8.34. The van der Waals surface area contributed by atoms with Gasteiger partial charge in [-0.25, -0.2) is 18.8 Å². The monoisotopic (exact) mass is 387 g/mol. The lowest BCUT2D eigenvalue weighted by atomic mass is 10.0. The molecule has 28 heavy (non-hydrogen) atoms. The number of nitrogens with one attached hydrogen (secondary N) is 1. The molecule has 150 valence electrons. The number of hydrogen-bond acceptors (Lipinski definition) is 4. The average Bonchev–Trinajstić information content (AvgIpc) is 2.83. The Hall–Kier alpha value is -2.54. The Morgan fingerprint density at radius 3 is 2.39 bits per heavy atom. The van der Waals surface area contributed by atoms with Gasteiger partial charge in [0.2, 0.25) is 0 Å². The molecule has 1 aliphatic heterocycles. The Bertz CT molecular complexity index is 877. The van der Waals surface area contributed by atoms with Crippen LogP contribution in [0.3, 0.4) is 0 Å². The molecule has 1 aromatic carbocycles. The lowest BCUT2D eigenvalue weighted by Gasteiger charge is -2.42. The zero-order valence-corrected chi connectivity index (χ0v) is 16.9. The molecule has 1 aliphatic rings. The zero-order chi connectivity index (χ0) is 20.5. The molecular formula is C21H28FN4O2+. The summed E-state index contributed by atoms with van der Waals surface area (Å²) >= 11 is 0. The third kappa shape index (κ3) is 3.71. The SMILES string of the molecule is CNc1nc(Cc2ccc(F)cc2)nc2c1CC[N+](C(=O)O)(C(C)(C)C)CC2. The van der Waals surface area contributed by atoms with Crippen molar-refractivity contribution < 1.29 is 18.8 Å². The van der Waals surface area contributed by atoms with E-state index in [1.807, 2.05) is 27.8 Å². The number of benzene rings is 1. The first kappa shape index (κ1) is 20.2. The fourth-order valence-electron chi connectivity index (χ4n) is 3.98. The second kappa shape index (κ2) is 7.47. The van der Waals surface area contributed by atoms with Gasteiger partial charge in [0.1, 0.15) is 23.0 Å². The minimum absolute atomic E-state index is 0.000189. The van der Waals surface area contributed by atoms with E-state index in [0.717, 1.165) is 22.6 Å². The van der Waals surface area contributed by atoms with Gasteiger partial charge < -0.3 is 10.4 Å². The minimum atomic E-state index is -0.800. The molecule has 1 aromatic heterocycles. The van der Waals surface area contributed by atoms with Crippen LogP contribution in [-0.4, -0.2) is 51.3 Å². The van der Waals surface area contributed by atoms with Gasteiger partial charge in [-0.1, -0.05) is 12.1 Å². The first-order valence-corrected chi connectivity index (χ1v) is 9.58. The molecule has 2 aromatic rings. The van der Waals surface area contributed by atoms with Gasteiger partial charge in [0.05, 0.1) is 18.8 Å². The minimum Gasteiger partial charge on any atom is -0.435 e. The molecule has 2 heterocycles. The number of amides is 1. The van der Waals surface area contributed by atoms with Gasteiger partial charge in [0.15, 0.2) is 0 Å². The Labute approximate surface area is 165 Å². The number of hydrogen-bond donors (Lipinski definition) is 2. The van der Waals surface area contributed by atoms with Gasteiger partial charge in [-0.15, -0.1) is 0 Å². The number of rotatable bonds is 3. The largest absolute Gasteiger partial charge is 0.514 e. The quantitative estimate of drug-likeness (QED) is 0.787. The van der Waals surface area contributed by atoms with E-state index < -0.39 is 11.6 Å². The highest BCUT2D eigenvalue weighted by Gasteiger charge is 2.48. The van der Waals surface area contributed by atoms with Crippen LogP contribution in [0.1, 0.15) is 43.4 Å². The van der Waals surface area contributed by atoms with E-state index in [9.17, 15) is 14.3 Å². The Kier molecular flexibility index (Phi) is 5.39. The molecule has 0 saturated carbocycles. The summed E-state index contributed by atoms with van der Waals surface area (Å²) in [5.41, 5.74) is 2.41. The van der Waals surface area contributed by atoms with E-state index in [1.165, 1.54) is 12.1 Å². The smallest absolute Gasteiger partial charge is 0.435 e. The summed E-state index contributed by atoms with van der Waals surface area (Å²) in [6.45, 7) is 6.91. The molecule has 6 nitrogen and oxygen atoms in total. The van der Waals surface area contributed by atoms with Crippen LogP contribution in [-0.2, 0) is 19.3 Å². The molecule has 0 radical (unpaired) electrons. The lowest BCUT2D eigenvalue weighted by molar-refractivity contribution is -0.902. The first-order chi connectivity index (χ1) is 13.2. The highest BCUT2D eigenvalue weighted by atomic mass is 19.1. The van der Waals surface area contributed by atoms with E-state index >= 15 is 0 Å². The van der Waals surface area contributed by atoms with E-state index in [-0.39, 0.29) is 10.3 Å². The van der Waals surface area contributed by atoms with Crippen molar-refractivity contribution in [2.75, 3.05) is 25.5 Å². The van der Waals surface area contributed by atoms with Gasteiger partial charge in [0.25, 0.3) is 0 Å². The van der Waals surface area contributed by atoms with Crippen molar-refractivity contribution in [3.8, 4) is 0 Å². The molecule has 7 heteroatoms. The van der Waals surface area contributed by atoms with Crippen molar-refractivity contribution in [3.63, 3.8) is 0 Å². The van der Waals surface area contributed by atoms with Crippen LogP contribution in [0.4, 0.5) is 15.0 Å². The summed E-state index contributed by atoms with van der Waals surface area (Å²) < 4.78 is 13.2. The summed E-state index contributed by atoms with van der Waals surface area (Å²) in [5.74, 6) is 1.13. The zero-order valence-electron chi connectivity index (χ0n) is 16.9. The van der Waals surface area contributed by atoms with Crippen molar-refractivity contribution in [1.29, 1.82) is 0 Å². The number of anilines is 1. The predicted octanol–water partition coefficient (Wildman–Crippen LogP) is 3.64. The summed E-state index contributed by atoms with van der Waals surface area (Å²) in [6, 6.07) is 6.32. The number of fused-ring (bicyclic) bond motifs is 1. The highest BCUT2D eigenvalue weighted by Crippen LogP contribution is 2.32. The van der Waals surface area contributed by atoms with Crippen LogP contribution in [0.25, 0.3) is 0 Å². The highest BCUT2D eigenvalue weighted by molar-refractivity contribution is 5.58. The fraction of sp³-hybridized carbons (Fsp3) is 0.476. The van der Waals surface area contributed by atoms with Gasteiger partial charge in [-0.2, -0.15) is 4.79 Å². The van der Waals surface area contributed by atoms with Gasteiger partial charge in [0, 0.05) is 31.9 Å². The molecule has 0 spiro atoms. The molecule has 2 N–H and O–H groups in total. The summed E-state index contributed by atoms with van der Waals surface area (Å²) in [4.78, 5) is 21.6. The number of halogens is 1. The van der Waals surface area contributed by atoms with Gasteiger partial charge >= 0.3 is 6.09 Å². The summed E-state index contributed by atoms with van der Waals surface area (Å²) in [7, 11) is 1.82. The number of aromatic nitrogens is 2. The summed E-state index contributed by atoms with van der Waals surface area (Å²) in [5, 5.41) is 13.2. The van der Waals surface area contributed by atoms with E-state index in [0.29, 0.717) is 38.2 Å². The van der Waals surface area contributed by atoms with Crippen molar-refractivity contribution in [1.82, 2.24) is 9.97 Å². The normalized spacial score (nSPS) is 19.6. The molecule has 1 amide bonds. The molecule has 1 unspecified atom stereocenters. The second-order valence-electron chi connectivity index (χ2n) is 8.34. The van der Waals surface area contributed by atoms with Crippen LogP contribution in [0, 0.1) is 5.82 Å². The van der Waals surface area contributed by atoms with Crippen molar-refractivity contribution in [3.05, 3.63) is 52.7 Å². The van der Waals surface area contributed by atoms with Crippen LogP contribution in [0.5, 0.6) is 0 Å². The number of quaternary nitrogens is 1. The fourth-order valence-corrected chi connectivity index (χ4v) is 3.98. The third-order valence-electron chi connectivity index (χ3n) is 5.78. The number of carboxylic acid groups (broad SMARTS) is 1. The first-order valence-electron chi connectivity index (χ1n) is 9.58. The third-order valence-corrected chi connectivity index (χ3v) is 5.78. The maximum absolute atomic E-state index is 13.2. The standard InChI is InChI=1S/C21H27FN4O2/c1-21(2,3)26(20(27)28)11-9-16-17(10-12-26)24-18(25-19(16)23-4)13-14-5-7-15(22)8-6-14/h5-8H,9-13H2,1-4H3,(H-,23,24,25,27,28)/p+1. The number of nitrogens with zero attached hydrogens (tertiary/aromatic N) is 3. The molecule has 0 fully saturated rings. The van der Waals surface area contributed by atoms with Crippen LogP contribution in [0.15, 0.2) is 24.3 Å². The average molecular weight is 387 g/mol. The Morgan fingerprint density at radius 1 is 1.18 bits per heavy atom. The van der Waals surface area contributed by atoms with E-state index in [2.05, 4.69) is 10.3 Å². The lowest BCUT2D eigenvalue weighted by Crippen LogP contribution is -2.64. The molecule has 0 saturated heterocycles. The summed E-state index contributed by atoms with van der Waals surface area (Å²) in [6.07, 6.45) is 0.879. The van der Waals surface area contributed by atoms with E-state index in [4.69, 9.17) is 4.98 Å². The van der Waals surface area contributed by atoms with Crippen molar-refractivity contribution in [2.45, 2.75) is 45.6 Å². The molecule has 1 atom stereocenters. The van der Waals surface area contributed by atoms with Crippen LogP contribution in [0.2, 0.25) is 0 Å². The maximum atomic E-state index is 13.2. The topological polar surface area (TPSA) is 75.1 Å². The molecule has 0 aliphatic carbocycles. The van der Waals surface area contributed by atoms with E-state index in [1.54, 1.807) is 12.1 Å². The Morgan fingerprint density at radius 2 is 1.82 bits per heavy atom. The Balaban J connectivity index is 1.95. The number of carbonyl (C=O) groups is 1. The van der Waals surface area contributed by atoms with Crippen LogP contribution < -0.4 is 5.32 Å². The molecule has 3 rings (SSSR count). The molecule has 0 bridgehead atoms. The van der Waals surface area contributed by atoms with Crippen LogP contribution >= 0.6 is 0 Å². The van der Waals surface area contributed by atoms with Gasteiger partial charge in [-0.05, 0) is 38.5 Å². The van der Waals surface area contributed by atoms with Gasteiger partial charge in [-0.3, -0.25) is 0 Å². The van der Waals surface area contributed by atoms with Crippen molar-refractivity contribution >= 4 is 11.9 Å². The van der Waals surface area contributed by atoms with Crippen molar-refractivity contribution in [2.24, 2.45) is 0 Å².